The first-order valence-corrected chi connectivity index (χ1v) is 12.2. The number of thioether (sulfide) groups is 1. The van der Waals surface area contributed by atoms with Crippen LogP contribution in [0.25, 0.3) is 0 Å². The average Bonchev–Trinajstić information content (AvgIpc) is 2.73. The second kappa shape index (κ2) is 12.2. The van der Waals surface area contributed by atoms with Crippen molar-refractivity contribution in [1.82, 2.24) is 10.2 Å². The number of carbonyl (C=O) groups excluding carboxylic acids is 2. The van der Waals surface area contributed by atoms with Gasteiger partial charge in [0.15, 0.2) is 0 Å². The van der Waals surface area contributed by atoms with Crippen molar-refractivity contribution >= 4 is 39.5 Å². The molecule has 0 bridgehead atoms. The van der Waals surface area contributed by atoms with E-state index in [1.165, 1.54) is 11.1 Å². The Morgan fingerprint density at radius 3 is 2.40 bits per heavy atom. The lowest BCUT2D eigenvalue weighted by Gasteiger charge is -2.29. The first-order chi connectivity index (χ1) is 14.3. The molecule has 0 spiro atoms. The van der Waals surface area contributed by atoms with Gasteiger partial charge in [-0.05, 0) is 56.0 Å². The summed E-state index contributed by atoms with van der Waals surface area (Å²) in [6.07, 6.45) is 0.853. The van der Waals surface area contributed by atoms with Crippen LogP contribution in [0.5, 0.6) is 0 Å². The van der Waals surface area contributed by atoms with E-state index in [4.69, 9.17) is 0 Å². The average molecular weight is 491 g/mol. The maximum absolute atomic E-state index is 13.1. The number of nitrogens with one attached hydrogen (secondary N) is 1. The Kier molecular flexibility index (Phi) is 9.92. The fraction of sp³-hybridized carbons (Fsp3) is 0.417. The molecule has 0 aliphatic heterocycles. The van der Waals surface area contributed by atoms with E-state index >= 15 is 0 Å². The summed E-state index contributed by atoms with van der Waals surface area (Å²) in [5, 5.41) is 3.00. The van der Waals surface area contributed by atoms with Gasteiger partial charge in [0.25, 0.3) is 0 Å². The Balaban J connectivity index is 2.08. The van der Waals surface area contributed by atoms with E-state index in [1.54, 1.807) is 23.6 Å². The zero-order chi connectivity index (χ0) is 22.1. The molecular weight excluding hydrogens is 460 g/mol. The lowest BCUT2D eigenvalue weighted by atomic mass is 10.1. The van der Waals surface area contributed by atoms with Crippen LogP contribution in [0.2, 0.25) is 0 Å². The minimum Gasteiger partial charge on any atom is -0.352 e. The molecule has 4 nitrogen and oxygen atoms in total. The predicted octanol–water partition coefficient (Wildman–Crippen LogP) is 5.32. The summed E-state index contributed by atoms with van der Waals surface area (Å²) < 4.78 is 0.987. The topological polar surface area (TPSA) is 49.4 Å². The molecule has 162 valence electrons. The molecule has 0 saturated carbocycles. The SMILES string of the molecule is CC[C@@H](C)NC(=O)[C@H](C)N(Cc1ccc(Br)cc1)C(=O)CSCc1ccccc1C. The summed E-state index contributed by atoms with van der Waals surface area (Å²) in [5.41, 5.74) is 3.46. The van der Waals surface area contributed by atoms with Gasteiger partial charge in [0.05, 0.1) is 5.75 Å². The summed E-state index contributed by atoms with van der Waals surface area (Å²) in [5.74, 6) is 0.978. The van der Waals surface area contributed by atoms with E-state index in [0.717, 1.165) is 22.2 Å². The minimum absolute atomic E-state index is 0.0247. The molecule has 0 aliphatic carbocycles. The molecule has 2 atom stereocenters. The van der Waals surface area contributed by atoms with Crippen molar-refractivity contribution in [2.75, 3.05) is 5.75 Å². The molecule has 0 fully saturated rings. The Morgan fingerprint density at radius 2 is 1.77 bits per heavy atom. The van der Waals surface area contributed by atoms with E-state index in [0.29, 0.717) is 12.3 Å². The Bertz CT molecular complexity index is 841. The molecule has 2 rings (SSSR count). The molecule has 2 aromatic rings. The summed E-state index contributed by atoms with van der Waals surface area (Å²) in [6.45, 7) is 8.30. The summed E-state index contributed by atoms with van der Waals surface area (Å²) in [7, 11) is 0. The highest BCUT2D eigenvalue weighted by molar-refractivity contribution is 9.10. The third-order valence-corrected chi connectivity index (χ3v) is 6.67. The van der Waals surface area contributed by atoms with E-state index < -0.39 is 6.04 Å². The molecule has 0 unspecified atom stereocenters. The van der Waals surface area contributed by atoms with Crippen LogP contribution in [0.4, 0.5) is 0 Å². The lowest BCUT2D eigenvalue weighted by Crippen LogP contribution is -2.50. The normalized spacial score (nSPS) is 12.8. The number of halogens is 1. The van der Waals surface area contributed by atoms with Crippen molar-refractivity contribution in [3.8, 4) is 0 Å². The van der Waals surface area contributed by atoms with Gasteiger partial charge < -0.3 is 10.2 Å². The minimum atomic E-state index is -0.533. The van der Waals surface area contributed by atoms with Crippen LogP contribution in [0.3, 0.4) is 0 Å². The molecular formula is C24H31BrN2O2S. The van der Waals surface area contributed by atoms with Gasteiger partial charge in [-0.15, -0.1) is 11.8 Å². The van der Waals surface area contributed by atoms with Gasteiger partial charge in [-0.3, -0.25) is 9.59 Å². The third kappa shape index (κ3) is 7.47. The first-order valence-electron chi connectivity index (χ1n) is 10.3. The zero-order valence-corrected chi connectivity index (χ0v) is 20.6. The molecule has 0 heterocycles. The maximum atomic E-state index is 13.1. The quantitative estimate of drug-likeness (QED) is 0.489. The molecule has 2 aromatic carbocycles. The number of carbonyl (C=O) groups is 2. The van der Waals surface area contributed by atoms with Crippen LogP contribution in [0, 0.1) is 6.92 Å². The Hall–Kier alpha value is -1.79. The van der Waals surface area contributed by atoms with Crippen LogP contribution >= 0.6 is 27.7 Å². The molecule has 2 amide bonds. The molecule has 0 aliphatic rings. The van der Waals surface area contributed by atoms with Gasteiger partial charge in [0.2, 0.25) is 11.8 Å². The van der Waals surface area contributed by atoms with Crippen LogP contribution < -0.4 is 5.32 Å². The number of nitrogens with zero attached hydrogens (tertiary/aromatic N) is 1. The van der Waals surface area contributed by atoms with Crippen molar-refractivity contribution in [2.45, 2.75) is 58.5 Å². The van der Waals surface area contributed by atoms with Crippen LogP contribution in [-0.4, -0.2) is 34.6 Å². The summed E-state index contributed by atoms with van der Waals surface area (Å²) in [4.78, 5) is 27.5. The van der Waals surface area contributed by atoms with E-state index in [-0.39, 0.29) is 17.9 Å². The van der Waals surface area contributed by atoms with Crippen molar-refractivity contribution < 1.29 is 9.59 Å². The predicted molar refractivity (Wildman–Crippen MR) is 129 cm³/mol. The van der Waals surface area contributed by atoms with Gasteiger partial charge in [-0.2, -0.15) is 0 Å². The fourth-order valence-corrected chi connectivity index (χ4v) is 4.19. The van der Waals surface area contributed by atoms with Crippen LogP contribution in [-0.2, 0) is 21.9 Å². The molecule has 0 saturated heterocycles. The molecule has 1 N–H and O–H groups in total. The molecule has 0 radical (unpaired) electrons. The van der Waals surface area contributed by atoms with Gasteiger partial charge in [0, 0.05) is 22.8 Å². The highest BCUT2D eigenvalue weighted by Crippen LogP contribution is 2.19. The monoisotopic (exact) mass is 490 g/mol. The highest BCUT2D eigenvalue weighted by Gasteiger charge is 2.26. The second-order valence-corrected chi connectivity index (χ2v) is 9.46. The number of hydrogen-bond acceptors (Lipinski definition) is 3. The maximum Gasteiger partial charge on any atom is 0.242 e. The Morgan fingerprint density at radius 1 is 1.10 bits per heavy atom. The highest BCUT2D eigenvalue weighted by atomic mass is 79.9. The van der Waals surface area contributed by atoms with E-state index in [1.807, 2.05) is 50.2 Å². The number of aryl methyl sites for hydroxylation is 1. The number of amides is 2. The lowest BCUT2D eigenvalue weighted by molar-refractivity contribution is -0.138. The zero-order valence-electron chi connectivity index (χ0n) is 18.2. The molecule has 0 aromatic heterocycles. The van der Waals surface area contributed by atoms with Crippen LogP contribution in [0.1, 0.15) is 43.9 Å². The van der Waals surface area contributed by atoms with Gasteiger partial charge in [-0.1, -0.05) is 59.3 Å². The number of benzene rings is 2. The third-order valence-electron chi connectivity index (χ3n) is 5.18. The first kappa shape index (κ1) is 24.5. The van der Waals surface area contributed by atoms with E-state index in [9.17, 15) is 9.59 Å². The van der Waals surface area contributed by atoms with Gasteiger partial charge in [0.1, 0.15) is 6.04 Å². The van der Waals surface area contributed by atoms with Crippen LogP contribution in [0.15, 0.2) is 53.0 Å². The second-order valence-electron chi connectivity index (χ2n) is 7.56. The molecule has 30 heavy (non-hydrogen) atoms. The van der Waals surface area contributed by atoms with Crippen molar-refractivity contribution in [1.29, 1.82) is 0 Å². The summed E-state index contributed by atoms with van der Waals surface area (Å²) >= 11 is 5.03. The Labute approximate surface area is 192 Å². The van der Waals surface area contributed by atoms with Gasteiger partial charge >= 0.3 is 0 Å². The van der Waals surface area contributed by atoms with E-state index in [2.05, 4.69) is 40.3 Å². The standard InChI is InChI=1S/C24H31BrN2O2S/c1-5-18(3)26-24(29)19(4)27(14-20-10-12-22(25)13-11-20)23(28)16-30-15-21-9-7-6-8-17(21)2/h6-13,18-19H,5,14-16H2,1-4H3,(H,26,29)/t18-,19+/m1/s1. The largest absolute Gasteiger partial charge is 0.352 e. The summed E-state index contributed by atoms with van der Waals surface area (Å²) in [6, 6.07) is 15.6. The smallest absolute Gasteiger partial charge is 0.242 e. The fourth-order valence-electron chi connectivity index (χ4n) is 2.94. The van der Waals surface area contributed by atoms with Crippen molar-refractivity contribution in [3.05, 3.63) is 69.7 Å². The van der Waals surface area contributed by atoms with Crippen molar-refractivity contribution in [3.63, 3.8) is 0 Å². The molecule has 6 heteroatoms. The number of rotatable bonds is 10. The van der Waals surface area contributed by atoms with Crippen molar-refractivity contribution in [2.24, 2.45) is 0 Å². The van der Waals surface area contributed by atoms with Gasteiger partial charge in [-0.25, -0.2) is 0 Å². The number of hydrogen-bond donors (Lipinski definition) is 1.